The Hall–Kier alpha value is -3.70. The topological polar surface area (TPSA) is 59.3 Å². The van der Waals surface area contributed by atoms with Crippen LogP contribution in [-0.2, 0) is 0 Å². The first kappa shape index (κ1) is 19.3. The van der Waals surface area contributed by atoms with Gasteiger partial charge in [-0.05, 0) is 47.9 Å². The number of rotatable bonds is 4. The number of furan rings is 1. The quantitative estimate of drug-likeness (QED) is 0.313. The van der Waals surface area contributed by atoms with Gasteiger partial charge in [0.15, 0.2) is 11.5 Å². The van der Waals surface area contributed by atoms with Crippen molar-refractivity contribution in [2.75, 3.05) is 5.32 Å². The lowest BCUT2D eigenvalue weighted by atomic mass is 9.94. The van der Waals surface area contributed by atoms with Crippen molar-refractivity contribution < 1.29 is 14.0 Å². The number of carbonyl (C=O) groups excluding carboxylic acids is 2. The summed E-state index contributed by atoms with van der Waals surface area (Å²) in [6.07, 6.45) is 0. The van der Waals surface area contributed by atoms with Crippen LogP contribution >= 0.6 is 11.3 Å². The molecule has 0 radical (unpaired) electrons. The molecule has 0 saturated carbocycles. The highest BCUT2D eigenvalue weighted by atomic mass is 32.1. The molecule has 4 nitrogen and oxygen atoms in total. The Balaban J connectivity index is 1.57. The van der Waals surface area contributed by atoms with E-state index in [1.807, 2.05) is 47.8 Å². The van der Waals surface area contributed by atoms with Crippen LogP contribution in [0.15, 0.2) is 76.5 Å². The summed E-state index contributed by atoms with van der Waals surface area (Å²) in [5, 5.41) is 8.43. The summed E-state index contributed by atoms with van der Waals surface area (Å²) in [7, 11) is 0. The van der Waals surface area contributed by atoms with Crippen LogP contribution in [0.4, 0.5) is 5.00 Å². The number of ketones is 1. The molecular weight excluding hydrogens is 406 g/mol. The van der Waals surface area contributed by atoms with Crippen LogP contribution < -0.4 is 5.32 Å². The number of amides is 1. The van der Waals surface area contributed by atoms with E-state index >= 15 is 0 Å². The summed E-state index contributed by atoms with van der Waals surface area (Å²) in [5.41, 5.74) is 4.15. The first-order chi connectivity index (χ1) is 15.0. The van der Waals surface area contributed by atoms with E-state index in [2.05, 4.69) is 30.4 Å². The highest BCUT2D eigenvalue weighted by molar-refractivity contribution is 7.15. The fourth-order valence-electron chi connectivity index (χ4n) is 3.94. The standard InChI is InChI=1S/C26H19NO3S/c1-15-11-12-20(19-9-5-4-8-18(15)19)21-14-31-26(24(21)16(2)28)27-25(29)23-13-17-7-3-6-10-22(17)30-23/h3-14H,1-2H3,(H,27,29). The Labute approximate surface area is 183 Å². The summed E-state index contributed by atoms with van der Waals surface area (Å²) in [6.45, 7) is 3.60. The third-order valence-corrected chi connectivity index (χ3v) is 6.35. The molecule has 0 atom stereocenters. The molecule has 0 unspecified atom stereocenters. The van der Waals surface area contributed by atoms with Gasteiger partial charge in [-0.1, -0.05) is 54.6 Å². The van der Waals surface area contributed by atoms with Gasteiger partial charge in [0.05, 0.1) is 5.56 Å². The molecule has 3 aromatic carbocycles. The highest BCUT2D eigenvalue weighted by Gasteiger charge is 2.22. The van der Waals surface area contributed by atoms with E-state index in [0.29, 0.717) is 16.1 Å². The Morgan fingerprint density at radius 2 is 1.65 bits per heavy atom. The Morgan fingerprint density at radius 1 is 0.903 bits per heavy atom. The zero-order valence-electron chi connectivity index (χ0n) is 17.1. The second kappa shape index (κ2) is 7.52. The maximum absolute atomic E-state index is 12.9. The van der Waals surface area contributed by atoms with Crippen LogP contribution in [0.25, 0.3) is 32.9 Å². The summed E-state index contributed by atoms with van der Waals surface area (Å²) in [5.74, 6) is -0.256. The number of carbonyl (C=O) groups is 2. The first-order valence-corrected chi connectivity index (χ1v) is 10.8. The molecule has 2 heterocycles. The van der Waals surface area contributed by atoms with Crippen LogP contribution in [0.1, 0.15) is 33.4 Å². The number of aryl methyl sites for hydroxylation is 1. The number of anilines is 1. The van der Waals surface area contributed by atoms with Crippen molar-refractivity contribution in [3.05, 3.63) is 89.0 Å². The van der Waals surface area contributed by atoms with Gasteiger partial charge < -0.3 is 9.73 Å². The largest absolute Gasteiger partial charge is 0.451 e. The van der Waals surface area contributed by atoms with E-state index < -0.39 is 0 Å². The summed E-state index contributed by atoms with van der Waals surface area (Å²) in [4.78, 5) is 25.5. The molecule has 2 aromatic heterocycles. The normalized spacial score (nSPS) is 11.2. The molecule has 0 aliphatic carbocycles. The minimum atomic E-state index is -0.374. The van der Waals surface area contributed by atoms with Gasteiger partial charge in [-0.15, -0.1) is 11.3 Å². The molecule has 1 N–H and O–H groups in total. The van der Waals surface area contributed by atoms with Crippen LogP contribution in [0, 0.1) is 6.92 Å². The van der Waals surface area contributed by atoms with Crippen molar-refractivity contribution in [1.29, 1.82) is 0 Å². The lowest BCUT2D eigenvalue weighted by Gasteiger charge is -2.10. The summed E-state index contributed by atoms with van der Waals surface area (Å²) in [6, 6.07) is 21.4. The molecule has 152 valence electrons. The molecule has 0 aliphatic heterocycles. The minimum absolute atomic E-state index is 0.0965. The number of Topliss-reactive ketones (excluding diaryl/α,β-unsaturated/α-hetero) is 1. The van der Waals surface area contributed by atoms with E-state index in [1.165, 1.54) is 23.8 Å². The van der Waals surface area contributed by atoms with Gasteiger partial charge in [0.2, 0.25) is 0 Å². The Kier molecular flexibility index (Phi) is 4.68. The monoisotopic (exact) mass is 425 g/mol. The number of hydrogen-bond acceptors (Lipinski definition) is 4. The van der Waals surface area contributed by atoms with Crippen molar-refractivity contribution in [1.82, 2.24) is 0 Å². The molecule has 5 heteroatoms. The van der Waals surface area contributed by atoms with E-state index in [0.717, 1.165) is 27.3 Å². The second-order valence-corrected chi connectivity index (χ2v) is 8.37. The van der Waals surface area contributed by atoms with Crippen molar-refractivity contribution in [2.24, 2.45) is 0 Å². The molecule has 0 saturated heterocycles. The summed E-state index contributed by atoms with van der Waals surface area (Å²) >= 11 is 1.35. The van der Waals surface area contributed by atoms with Crippen LogP contribution in [0.5, 0.6) is 0 Å². The van der Waals surface area contributed by atoms with Crippen LogP contribution in [-0.4, -0.2) is 11.7 Å². The number of fused-ring (bicyclic) bond motifs is 2. The average Bonchev–Trinajstić information content (AvgIpc) is 3.38. The number of hydrogen-bond donors (Lipinski definition) is 1. The highest BCUT2D eigenvalue weighted by Crippen LogP contribution is 2.40. The van der Waals surface area contributed by atoms with Crippen molar-refractivity contribution in [2.45, 2.75) is 13.8 Å². The van der Waals surface area contributed by atoms with Gasteiger partial charge in [0, 0.05) is 16.3 Å². The van der Waals surface area contributed by atoms with Crippen LogP contribution in [0.2, 0.25) is 0 Å². The van der Waals surface area contributed by atoms with Gasteiger partial charge in [-0.3, -0.25) is 9.59 Å². The fourth-order valence-corrected chi connectivity index (χ4v) is 4.94. The minimum Gasteiger partial charge on any atom is -0.451 e. The van der Waals surface area contributed by atoms with Gasteiger partial charge in [-0.2, -0.15) is 0 Å². The SMILES string of the molecule is CC(=O)c1c(-c2ccc(C)c3ccccc23)csc1NC(=O)c1cc2ccccc2o1. The Morgan fingerprint density at radius 3 is 2.42 bits per heavy atom. The molecule has 0 aliphatic rings. The maximum atomic E-state index is 12.9. The predicted octanol–water partition coefficient (Wildman–Crippen LogP) is 7.08. The molecule has 5 aromatic rings. The predicted molar refractivity (Wildman–Crippen MR) is 126 cm³/mol. The molecule has 1 amide bonds. The average molecular weight is 426 g/mol. The van der Waals surface area contributed by atoms with E-state index in [9.17, 15) is 9.59 Å². The van der Waals surface area contributed by atoms with Crippen LogP contribution in [0.3, 0.4) is 0 Å². The van der Waals surface area contributed by atoms with Gasteiger partial charge in [0.25, 0.3) is 5.91 Å². The molecule has 31 heavy (non-hydrogen) atoms. The lowest BCUT2D eigenvalue weighted by Crippen LogP contribution is -2.12. The van der Waals surface area contributed by atoms with Gasteiger partial charge in [-0.25, -0.2) is 0 Å². The third kappa shape index (κ3) is 3.33. The first-order valence-electron chi connectivity index (χ1n) is 9.94. The van der Waals surface area contributed by atoms with E-state index in [4.69, 9.17) is 4.42 Å². The third-order valence-electron chi connectivity index (χ3n) is 5.45. The Bertz CT molecular complexity index is 1440. The molecule has 0 bridgehead atoms. The number of thiophene rings is 1. The number of para-hydroxylation sites is 1. The van der Waals surface area contributed by atoms with Crippen molar-refractivity contribution >= 4 is 49.8 Å². The smallest absolute Gasteiger partial charge is 0.292 e. The fraction of sp³-hybridized carbons (Fsp3) is 0.0769. The molecule has 5 rings (SSSR count). The molecular formula is C26H19NO3S. The molecule has 0 fully saturated rings. The second-order valence-electron chi connectivity index (χ2n) is 7.49. The molecule has 0 spiro atoms. The number of benzene rings is 3. The van der Waals surface area contributed by atoms with Gasteiger partial charge in [0.1, 0.15) is 10.6 Å². The maximum Gasteiger partial charge on any atom is 0.292 e. The summed E-state index contributed by atoms with van der Waals surface area (Å²) < 4.78 is 5.67. The zero-order chi connectivity index (χ0) is 21.5. The van der Waals surface area contributed by atoms with Gasteiger partial charge >= 0.3 is 0 Å². The zero-order valence-corrected chi connectivity index (χ0v) is 17.9. The number of nitrogens with one attached hydrogen (secondary N) is 1. The van der Waals surface area contributed by atoms with E-state index in [1.54, 1.807) is 6.07 Å². The van der Waals surface area contributed by atoms with Crippen molar-refractivity contribution in [3.8, 4) is 11.1 Å². The lowest BCUT2D eigenvalue weighted by molar-refractivity contribution is 0.0999. The van der Waals surface area contributed by atoms with Crippen molar-refractivity contribution in [3.63, 3.8) is 0 Å². The van der Waals surface area contributed by atoms with E-state index in [-0.39, 0.29) is 17.5 Å².